The number of rotatable bonds is 2. The molecule has 0 aliphatic heterocycles. The molecule has 0 unspecified atom stereocenters. The molecule has 1 rings (SSSR count). The van der Waals surface area contributed by atoms with Crippen molar-refractivity contribution in [2.45, 2.75) is 11.8 Å². The molecule has 82 valence electrons. The predicted molar refractivity (Wildman–Crippen MR) is 65.9 cm³/mol. The lowest BCUT2D eigenvalue weighted by Gasteiger charge is -2.00. The standard InChI is InChI=1S/C11H8BrNO2S/c1-7(14)10(6-13)11(15)16-9-4-2-3-8(12)5-9/h2-5,14H,1H3. The summed E-state index contributed by atoms with van der Waals surface area (Å²) in [5, 5.41) is 17.4. The molecule has 3 nitrogen and oxygen atoms in total. The summed E-state index contributed by atoms with van der Waals surface area (Å²) in [5.41, 5.74) is -0.218. The Morgan fingerprint density at radius 2 is 2.25 bits per heavy atom. The molecule has 0 radical (unpaired) electrons. The van der Waals surface area contributed by atoms with Crippen LogP contribution in [0.25, 0.3) is 0 Å². The fourth-order valence-corrected chi connectivity index (χ4v) is 2.36. The Morgan fingerprint density at radius 3 is 2.75 bits per heavy atom. The number of carbonyl (C=O) groups excluding carboxylic acids is 1. The first-order valence-corrected chi connectivity index (χ1v) is 5.93. The average Bonchev–Trinajstić information content (AvgIpc) is 2.17. The van der Waals surface area contributed by atoms with Crippen molar-refractivity contribution in [3.05, 3.63) is 40.1 Å². The van der Waals surface area contributed by atoms with E-state index in [0.29, 0.717) is 4.90 Å². The van der Waals surface area contributed by atoms with Gasteiger partial charge in [0, 0.05) is 9.37 Å². The summed E-state index contributed by atoms with van der Waals surface area (Å²) < 4.78 is 0.855. The number of nitriles is 1. The van der Waals surface area contributed by atoms with Crippen LogP contribution in [0.3, 0.4) is 0 Å². The van der Waals surface area contributed by atoms with Gasteiger partial charge in [0.15, 0.2) is 0 Å². The minimum Gasteiger partial charge on any atom is -0.511 e. The van der Waals surface area contributed by atoms with Crippen LogP contribution in [0.2, 0.25) is 0 Å². The van der Waals surface area contributed by atoms with E-state index in [1.54, 1.807) is 24.3 Å². The number of benzene rings is 1. The van der Waals surface area contributed by atoms with E-state index in [-0.39, 0.29) is 11.3 Å². The molecule has 0 aliphatic rings. The molecule has 16 heavy (non-hydrogen) atoms. The van der Waals surface area contributed by atoms with Crippen LogP contribution in [0.4, 0.5) is 0 Å². The molecule has 5 heteroatoms. The van der Waals surface area contributed by atoms with Gasteiger partial charge in [0.2, 0.25) is 5.12 Å². The van der Waals surface area contributed by atoms with Gasteiger partial charge in [-0.15, -0.1) is 0 Å². The Hall–Kier alpha value is -1.25. The van der Waals surface area contributed by atoms with Crippen molar-refractivity contribution in [1.29, 1.82) is 5.26 Å². The van der Waals surface area contributed by atoms with Crippen molar-refractivity contribution in [2.24, 2.45) is 0 Å². The fraction of sp³-hybridized carbons (Fsp3) is 0.0909. The van der Waals surface area contributed by atoms with Gasteiger partial charge in [-0.3, -0.25) is 4.79 Å². The zero-order valence-corrected chi connectivity index (χ0v) is 10.8. The van der Waals surface area contributed by atoms with Gasteiger partial charge < -0.3 is 5.11 Å². The number of thioether (sulfide) groups is 1. The van der Waals surface area contributed by atoms with Gasteiger partial charge in [0.25, 0.3) is 0 Å². The van der Waals surface area contributed by atoms with Crippen LogP contribution >= 0.6 is 27.7 Å². The maximum absolute atomic E-state index is 11.6. The summed E-state index contributed by atoms with van der Waals surface area (Å²) in [5.74, 6) is -0.255. The third-order valence-corrected chi connectivity index (χ3v) is 3.06. The van der Waals surface area contributed by atoms with Crippen LogP contribution in [-0.2, 0) is 4.79 Å². The van der Waals surface area contributed by atoms with E-state index >= 15 is 0 Å². The second-order valence-electron chi connectivity index (χ2n) is 2.92. The van der Waals surface area contributed by atoms with Crippen molar-refractivity contribution in [3.8, 4) is 6.07 Å². The second kappa shape index (κ2) is 5.73. The van der Waals surface area contributed by atoms with Crippen LogP contribution in [0.15, 0.2) is 45.0 Å². The Morgan fingerprint density at radius 1 is 1.56 bits per heavy atom. The Balaban J connectivity index is 2.88. The van der Waals surface area contributed by atoms with Gasteiger partial charge in [0.1, 0.15) is 17.4 Å². The molecule has 0 bridgehead atoms. The minimum atomic E-state index is -0.458. The van der Waals surface area contributed by atoms with Crippen LogP contribution in [0.1, 0.15) is 6.92 Å². The van der Waals surface area contributed by atoms with Gasteiger partial charge in [-0.2, -0.15) is 5.26 Å². The van der Waals surface area contributed by atoms with E-state index in [2.05, 4.69) is 15.9 Å². The number of allylic oxidation sites excluding steroid dienone is 1. The third-order valence-electron chi connectivity index (χ3n) is 1.68. The van der Waals surface area contributed by atoms with E-state index in [0.717, 1.165) is 16.2 Å². The first-order valence-electron chi connectivity index (χ1n) is 4.32. The fourth-order valence-electron chi connectivity index (χ4n) is 0.963. The normalized spacial score (nSPS) is 11.6. The average molecular weight is 298 g/mol. The molecule has 0 amide bonds. The van der Waals surface area contributed by atoms with Crippen LogP contribution in [0.5, 0.6) is 0 Å². The Kier molecular flexibility index (Phi) is 4.59. The first kappa shape index (κ1) is 12.8. The van der Waals surface area contributed by atoms with Crippen LogP contribution in [0, 0.1) is 11.3 Å². The lowest BCUT2D eigenvalue weighted by molar-refractivity contribution is -0.107. The van der Waals surface area contributed by atoms with E-state index < -0.39 is 5.12 Å². The largest absolute Gasteiger partial charge is 0.511 e. The number of aliphatic hydroxyl groups is 1. The highest BCUT2D eigenvalue weighted by Crippen LogP contribution is 2.25. The molecular formula is C11H8BrNO2S. The molecule has 0 heterocycles. The van der Waals surface area contributed by atoms with E-state index in [4.69, 9.17) is 10.4 Å². The van der Waals surface area contributed by atoms with Gasteiger partial charge in [-0.25, -0.2) is 0 Å². The van der Waals surface area contributed by atoms with Crippen LogP contribution < -0.4 is 0 Å². The highest BCUT2D eigenvalue weighted by molar-refractivity contribution is 9.10. The van der Waals surface area contributed by atoms with Crippen molar-refractivity contribution < 1.29 is 9.90 Å². The summed E-state index contributed by atoms with van der Waals surface area (Å²) in [6.45, 7) is 1.32. The van der Waals surface area contributed by atoms with Crippen molar-refractivity contribution in [2.75, 3.05) is 0 Å². The van der Waals surface area contributed by atoms with Crippen molar-refractivity contribution in [1.82, 2.24) is 0 Å². The molecule has 1 aromatic rings. The van der Waals surface area contributed by atoms with Crippen molar-refractivity contribution in [3.63, 3.8) is 0 Å². The molecular weight excluding hydrogens is 290 g/mol. The molecule has 0 saturated heterocycles. The number of hydrogen-bond acceptors (Lipinski definition) is 4. The van der Waals surface area contributed by atoms with E-state index in [9.17, 15) is 4.79 Å². The minimum absolute atomic E-state index is 0.218. The Bertz CT molecular complexity index is 487. The molecule has 0 saturated carbocycles. The smallest absolute Gasteiger partial charge is 0.238 e. The lowest BCUT2D eigenvalue weighted by Crippen LogP contribution is -1.98. The number of carbonyl (C=O) groups is 1. The molecule has 0 atom stereocenters. The predicted octanol–water partition coefficient (Wildman–Crippen LogP) is 3.42. The third kappa shape index (κ3) is 3.40. The molecule has 0 spiro atoms. The van der Waals surface area contributed by atoms with Gasteiger partial charge in [0.05, 0.1) is 0 Å². The number of halogens is 1. The second-order valence-corrected chi connectivity index (χ2v) is 4.88. The van der Waals surface area contributed by atoms with Gasteiger partial charge >= 0.3 is 0 Å². The molecule has 1 aromatic carbocycles. The summed E-state index contributed by atoms with van der Waals surface area (Å²) in [6, 6.07) is 8.84. The summed E-state index contributed by atoms with van der Waals surface area (Å²) >= 11 is 4.19. The highest BCUT2D eigenvalue weighted by Gasteiger charge is 2.14. The topological polar surface area (TPSA) is 61.1 Å². The van der Waals surface area contributed by atoms with Gasteiger partial charge in [-0.05, 0) is 36.9 Å². The maximum Gasteiger partial charge on any atom is 0.238 e. The van der Waals surface area contributed by atoms with Gasteiger partial charge in [-0.1, -0.05) is 22.0 Å². The molecule has 0 aliphatic carbocycles. The number of nitrogens with zero attached hydrogens (tertiary/aromatic N) is 1. The summed E-state index contributed by atoms with van der Waals surface area (Å²) in [6.07, 6.45) is 0. The number of hydrogen-bond donors (Lipinski definition) is 1. The highest BCUT2D eigenvalue weighted by atomic mass is 79.9. The maximum atomic E-state index is 11.6. The molecule has 1 N–H and O–H groups in total. The monoisotopic (exact) mass is 297 g/mol. The zero-order chi connectivity index (χ0) is 12.1. The molecule has 0 aromatic heterocycles. The lowest BCUT2D eigenvalue weighted by atomic mass is 10.3. The summed E-state index contributed by atoms with van der Waals surface area (Å²) in [4.78, 5) is 12.3. The zero-order valence-electron chi connectivity index (χ0n) is 8.40. The van der Waals surface area contributed by atoms with E-state index in [1.807, 2.05) is 6.07 Å². The summed E-state index contributed by atoms with van der Waals surface area (Å²) in [7, 11) is 0. The van der Waals surface area contributed by atoms with Crippen molar-refractivity contribution >= 4 is 32.8 Å². The Labute approximate surface area is 106 Å². The van der Waals surface area contributed by atoms with E-state index in [1.165, 1.54) is 6.92 Å². The molecule has 0 fully saturated rings. The number of aliphatic hydroxyl groups excluding tert-OH is 1. The quantitative estimate of drug-likeness (QED) is 0.393. The van der Waals surface area contributed by atoms with Crippen LogP contribution in [-0.4, -0.2) is 10.2 Å². The first-order chi connectivity index (χ1) is 7.54. The SMILES string of the molecule is CC(O)=C(C#N)C(=O)Sc1cccc(Br)c1.